The number of rotatable bonds is 17. The molecular weight excluding hydrogens is 518 g/mol. The monoisotopic (exact) mass is 563 g/mol. The highest BCUT2D eigenvalue weighted by atomic mass is 16.6. The summed E-state index contributed by atoms with van der Waals surface area (Å²) in [6.45, 7) is 5.17. The third kappa shape index (κ3) is 12.5. The Balaban J connectivity index is 0.000000372. The topological polar surface area (TPSA) is 95.7 Å². The van der Waals surface area contributed by atoms with Crippen LogP contribution in [0.2, 0.25) is 0 Å². The third-order valence-corrected chi connectivity index (χ3v) is 6.79. The van der Waals surface area contributed by atoms with Crippen LogP contribution in [0.25, 0.3) is 10.8 Å². The van der Waals surface area contributed by atoms with Gasteiger partial charge in [0.25, 0.3) is 5.69 Å². The molecule has 3 aromatic carbocycles. The van der Waals surface area contributed by atoms with Crippen LogP contribution in [0.4, 0.5) is 5.69 Å². The first-order chi connectivity index (χ1) is 20.0. The van der Waals surface area contributed by atoms with Crippen LogP contribution in [0.1, 0.15) is 112 Å². The summed E-state index contributed by atoms with van der Waals surface area (Å²) in [4.78, 5) is 35.0. The van der Waals surface area contributed by atoms with Crippen molar-refractivity contribution in [1.29, 1.82) is 0 Å². The first-order valence-corrected chi connectivity index (χ1v) is 15.0. The highest BCUT2D eigenvalue weighted by Gasteiger charge is 2.18. The number of nitro benzene ring substituents is 1. The van der Waals surface area contributed by atoms with Gasteiger partial charge in [0.2, 0.25) is 0 Å². The summed E-state index contributed by atoms with van der Waals surface area (Å²) in [7, 11) is 0. The van der Waals surface area contributed by atoms with Crippen LogP contribution in [0.15, 0.2) is 66.7 Å². The zero-order chi connectivity index (χ0) is 29.7. The van der Waals surface area contributed by atoms with Gasteiger partial charge in [-0.05, 0) is 36.4 Å². The Kier molecular flexibility index (Phi) is 16.5. The molecule has 3 aromatic rings. The number of nitro groups is 1. The summed E-state index contributed by atoms with van der Waals surface area (Å²) in [6, 6.07) is 19.1. The predicted molar refractivity (Wildman–Crippen MR) is 164 cm³/mol. The number of esters is 2. The van der Waals surface area contributed by atoms with E-state index in [9.17, 15) is 19.7 Å². The number of non-ortho nitro benzene ring substituents is 1. The van der Waals surface area contributed by atoms with E-state index in [2.05, 4.69) is 13.8 Å². The van der Waals surface area contributed by atoms with Crippen LogP contribution in [-0.4, -0.2) is 30.1 Å². The number of unbranched alkanes of at least 4 members (excludes halogenated alkanes) is 10. The molecule has 222 valence electrons. The maximum Gasteiger partial charge on any atom is 0.339 e. The van der Waals surface area contributed by atoms with Gasteiger partial charge < -0.3 is 9.47 Å². The van der Waals surface area contributed by atoms with Crippen LogP contribution in [0.5, 0.6) is 0 Å². The molecule has 0 aromatic heterocycles. The standard InChI is InChI=1S/C24H38O4.C10H7NO2/c1-3-5-7-9-11-15-19-27-23(25)21-17-13-14-18-22(21)24(26)28-20-16-12-10-8-6-4-2;12-11(13)10-7-3-5-8-4-1-2-6-9(8)10/h13-14,17-18H,3-12,15-16,19-20H2,1-2H3;1-7H. The molecule has 0 saturated heterocycles. The lowest BCUT2D eigenvalue weighted by Crippen LogP contribution is -2.15. The molecule has 0 bridgehead atoms. The molecule has 0 aliphatic rings. The second kappa shape index (κ2) is 20.2. The Labute approximate surface area is 244 Å². The van der Waals surface area contributed by atoms with Crippen molar-refractivity contribution >= 4 is 28.4 Å². The Morgan fingerprint density at radius 2 is 1.05 bits per heavy atom. The van der Waals surface area contributed by atoms with Crippen LogP contribution in [0, 0.1) is 10.1 Å². The van der Waals surface area contributed by atoms with Gasteiger partial charge in [-0.3, -0.25) is 10.1 Å². The minimum Gasteiger partial charge on any atom is -0.462 e. The summed E-state index contributed by atoms with van der Waals surface area (Å²) in [5.74, 6) is -0.888. The highest BCUT2D eigenvalue weighted by molar-refractivity contribution is 6.03. The van der Waals surface area contributed by atoms with Crippen molar-refractivity contribution in [3.8, 4) is 0 Å². The van der Waals surface area contributed by atoms with Gasteiger partial charge in [-0.2, -0.15) is 0 Å². The van der Waals surface area contributed by atoms with Gasteiger partial charge in [-0.1, -0.05) is 121 Å². The second-order valence-corrected chi connectivity index (χ2v) is 10.1. The van der Waals surface area contributed by atoms with Crippen molar-refractivity contribution in [3.63, 3.8) is 0 Å². The Morgan fingerprint density at radius 3 is 1.56 bits per heavy atom. The molecule has 0 amide bonds. The Morgan fingerprint density at radius 1 is 0.610 bits per heavy atom. The normalized spacial score (nSPS) is 10.5. The van der Waals surface area contributed by atoms with Crippen molar-refractivity contribution < 1.29 is 24.0 Å². The lowest BCUT2D eigenvalue weighted by molar-refractivity contribution is -0.383. The fraction of sp³-hybridized carbons (Fsp3) is 0.471. The molecule has 0 fully saturated rings. The first kappa shape index (κ1) is 33.5. The van der Waals surface area contributed by atoms with E-state index in [0.29, 0.717) is 29.7 Å². The van der Waals surface area contributed by atoms with Crippen molar-refractivity contribution in [3.05, 3.63) is 88.0 Å². The van der Waals surface area contributed by atoms with Gasteiger partial charge >= 0.3 is 11.9 Å². The quantitative estimate of drug-likeness (QED) is 0.0702. The summed E-state index contributed by atoms with van der Waals surface area (Å²) in [6.07, 6.45) is 13.6. The fourth-order valence-electron chi connectivity index (χ4n) is 4.46. The maximum absolute atomic E-state index is 12.4. The number of nitrogens with zero attached hydrogens (tertiary/aromatic N) is 1. The summed E-state index contributed by atoms with van der Waals surface area (Å²) in [5.41, 5.74) is 0.751. The van der Waals surface area contributed by atoms with Gasteiger partial charge in [-0.25, -0.2) is 9.59 Å². The van der Waals surface area contributed by atoms with E-state index in [1.807, 2.05) is 18.2 Å². The molecule has 0 heterocycles. The largest absolute Gasteiger partial charge is 0.462 e. The zero-order valence-electron chi connectivity index (χ0n) is 24.6. The fourth-order valence-corrected chi connectivity index (χ4v) is 4.46. The summed E-state index contributed by atoms with van der Waals surface area (Å²) < 4.78 is 10.7. The number of fused-ring (bicyclic) bond motifs is 1. The van der Waals surface area contributed by atoms with E-state index in [0.717, 1.165) is 31.1 Å². The molecule has 7 heteroatoms. The Hall–Kier alpha value is -3.74. The van der Waals surface area contributed by atoms with Crippen LogP contribution in [0.3, 0.4) is 0 Å². The molecule has 0 atom stereocenters. The van der Waals surface area contributed by atoms with Gasteiger partial charge in [0.15, 0.2) is 0 Å². The van der Waals surface area contributed by atoms with Gasteiger partial charge in [0.1, 0.15) is 0 Å². The average molecular weight is 564 g/mol. The third-order valence-electron chi connectivity index (χ3n) is 6.79. The van der Waals surface area contributed by atoms with E-state index in [1.165, 1.54) is 57.4 Å². The summed E-state index contributed by atoms with van der Waals surface area (Å²) >= 11 is 0. The maximum atomic E-state index is 12.4. The van der Waals surface area contributed by atoms with Crippen LogP contribution < -0.4 is 0 Å². The number of carbonyl (C=O) groups excluding carboxylic acids is 2. The number of hydrogen-bond acceptors (Lipinski definition) is 6. The molecule has 0 spiro atoms. The van der Waals surface area contributed by atoms with Crippen molar-refractivity contribution in [2.75, 3.05) is 13.2 Å². The van der Waals surface area contributed by atoms with E-state index < -0.39 is 11.9 Å². The van der Waals surface area contributed by atoms with Crippen LogP contribution in [-0.2, 0) is 9.47 Å². The van der Waals surface area contributed by atoms with Crippen LogP contribution >= 0.6 is 0 Å². The minimum absolute atomic E-state index is 0.165. The number of carbonyl (C=O) groups is 2. The average Bonchev–Trinajstić information content (AvgIpc) is 3.00. The second-order valence-electron chi connectivity index (χ2n) is 10.1. The number of ether oxygens (including phenoxy) is 2. The predicted octanol–water partition coefficient (Wildman–Crippen LogP) is 9.47. The molecule has 0 saturated carbocycles. The van der Waals surface area contributed by atoms with Gasteiger partial charge in [0.05, 0.1) is 34.7 Å². The number of benzene rings is 3. The molecular formula is C34H45NO6. The summed E-state index contributed by atoms with van der Waals surface area (Å²) in [5, 5.41) is 12.2. The Bertz CT molecular complexity index is 1150. The van der Waals surface area contributed by atoms with E-state index in [-0.39, 0.29) is 10.6 Å². The van der Waals surface area contributed by atoms with E-state index in [4.69, 9.17) is 9.47 Å². The van der Waals surface area contributed by atoms with Crippen molar-refractivity contribution in [2.24, 2.45) is 0 Å². The molecule has 0 radical (unpaired) electrons. The lowest BCUT2D eigenvalue weighted by atomic mass is 10.1. The molecule has 0 N–H and O–H groups in total. The number of hydrogen-bond donors (Lipinski definition) is 0. The minimum atomic E-state index is -0.444. The molecule has 3 rings (SSSR count). The highest BCUT2D eigenvalue weighted by Crippen LogP contribution is 2.24. The van der Waals surface area contributed by atoms with E-state index >= 15 is 0 Å². The molecule has 7 nitrogen and oxygen atoms in total. The van der Waals surface area contributed by atoms with E-state index in [1.54, 1.807) is 42.5 Å². The van der Waals surface area contributed by atoms with Gasteiger partial charge in [-0.15, -0.1) is 0 Å². The van der Waals surface area contributed by atoms with Gasteiger partial charge in [0, 0.05) is 6.07 Å². The first-order valence-electron chi connectivity index (χ1n) is 15.0. The molecule has 0 aliphatic heterocycles. The lowest BCUT2D eigenvalue weighted by Gasteiger charge is -2.10. The molecule has 41 heavy (non-hydrogen) atoms. The molecule has 0 aliphatic carbocycles. The van der Waals surface area contributed by atoms with Crippen molar-refractivity contribution in [2.45, 2.75) is 90.9 Å². The zero-order valence-corrected chi connectivity index (χ0v) is 24.6. The smallest absolute Gasteiger partial charge is 0.339 e. The molecule has 0 unspecified atom stereocenters. The van der Waals surface area contributed by atoms with Crippen molar-refractivity contribution in [1.82, 2.24) is 0 Å². The SMILES string of the molecule is CCCCCCCCOC(=O)c1ccccc1C(=O)OCCCCCCCC.O=[N+]([O-])c1cccc2ccccc12.